The molecule has 0 aliphatic rings. The zero-order chi connectivity index (χ0) is 9.26. The fourth-order valence-electron chi connectivity index (χ4n) is 1.05. The lowest BCUT2D eigenvalue weighted by Gasteiger charge is -1.83. The number of nitrogens with zero attached hydrogens (tertiary/aromatic N) is 1. The lowest BCUT2D eigenvalue weighted by molar-refractivity contribution is 0.389. The second-order valence-electron chi connectivity index (χ2n) is 2.64. The summed E-state index contributed by atoms with van der Waals surface area (Å²) in [5, 5.41) is 3.95. The largest absolute Gasteiger partial charge is 0.361 e. The van der Waals surface area contributed by atoms with Crippen molar-refractivity contribution in [1.82, 2.24) is 5.16 Å². The Morgan fingerprint density at radius 3 is 2.92 bits per heavy atom. The highest BCUT2D eigenvalue weighted by Crippen LogP contribution is 2.30. The Kier molecular flexibility index (Phi) is 2.38. The van der Waals surface area contributed by atoms with E-state index in [1.54, 1.807) is 0 Å². The number of rotatable bonds is 2. The van der Waals surface area contributed by atoms with Crippen molar-refractivity contribution in [3.63, 3.8) is 0 Å². The lowest BCUT2D eigenvalue weighted by Crippen LogP contribution is -1.68. The van der Waals surface area contributed by atoms with Crippen molar-refractivity contribution >= 4 is 22.9 Å². The van der Waals surface area contributed by atoms with Gasteiger partial charge in [0.15, 0.2) is 0 Å². The number of halogens is 1. The number of hydrogen-bond acceptors (Lipinski definition) is 3. The van der Waals surface area contributed by atoms with Crippen molar-refractivity contribution in [3.8, 4) is 10.6 Å². The van der Waals surface area contributed by atoms with Gasteiger partial charge in [-0.05, 0) is 12.1 Å². The summed E-state index contributed by atoms with van der Waals surface area (Å²) in [5.74, 6) is 0.902. The Labute approximate surface area is 85.1 Å². The summed E-state index contributed by atoms with van der Waals surface area (Å²) < 4.78 is 5.87. The molecule has 4 heteroatoms. The Morgan fingerprint density at radius 1 is 1.54 bits per heavy atom. The molecule has 2 nitrogen and oxygen atoms in total. The lowest BCUT2D eigenvalue weighted by atomic mass is 10.3. The summed E-state index contributed by atoms with van der Waals surface area (Å²) in [6.07, 6.45) is 0.867. The molecule has 0 fully saturated rings. The van der Waals surface area contributed by atoms with Crippen LogP contribution >= 0.6 is 22.9 Å². The maximum Gasteiger partial charge on any atom is 0.137 e. The minimum atomic E-state index is 0.774. The normalized spacial score (nSPS) is 10.6. The number of hydrogen-bond donors (Lipinski definition) is 0. The maximum atomic E-state index is 5.81. The Hall–Kier alpha value is -0.800. The van der Waals surface area contributed by atoms with Gasteiger partial charge in [-0.1, -0.05) is 23.7 Å². The van der Waals surface area contributed by atoms with Crippen LogP contribution in [0, 0.1) is 0 Å². The van der Waals surface area contributed by atoms with E-state index in [0.29, 0.717) is 0 Å². The molecule has 0 amide bonds. The van der Waals surface area contributed by atoms with Crippen LogP contribution in [-0.2, 0) is 6.42 Å². The Balaban J connectivity index is 2.35. The van der Waals surface area contributed by atoms with Gasteiger partial charge in [0, 0.05) is 12.5 Å². The van der Waals surface area contributed by atoms with E-state index in [9.17, 15) is 0 Å². The Morgan fingerprint density at radius 2 is 2.38 bits per heavy atom. The monoisotopic (exact) mass is 213 g/mol. The van der Waals surface area contributed by atoms with Crippen LogP contribution in [-0.4, -0.2) is 5.16 Å². The predicted octanol–water partition coefficient (Wildman–Crippen LogP) is 3.62. The molecule has 2 rings (SSSR count). The third-order valence-electron chi connectivity index (χ3n) is 1.73. The number of aryl methyl sites for hydroxylation is 1. The van der Waals surface area contributed by atoms with Gasteiger partial charge in [0.2, 0.25) is 0 Å². The van der Waals surface area contributed by atoms with Crippen LogP contribution in [0.5, 0.6) is 0 Å². The van der Waals surface area contributed by atoms with Crippen LogP contribution in [0.2, 0.25) is 4.34 Å². The van der Waals surface area contributed by atoms with Crippen molar-refractivity contribution < 1.29 is 4.52 Å². The van der Waals surface area contributed by atoms with Gasteiger partial charge < -0.3 is 4.52 Å². The van der Waals surface area contributed by atoms with Crippen LogP contribution in [0.4, 0.5) is 0 Å². The first-order valence-corrected chi connectivity index (χ1v) is 5.20. The van der Waals surface area contributed by atoms with Gasteiger partial charge in [0.05, 0.1) is 9.21 Å². The first kappa shape index (κ1) is 8.78. The van der Waals surface area contributed by atoms with E-state index in [4.69, 9.17) is 16.1 Å². The van der Waals surface area contributed by atoms with Gasteiger partial charge in [0.1, 0.15) is 11.5 Å². The molecule has 0 spiro atoms. The summed E-state index contributed by atoms with van der Waals surface area (Å²) in [6.45, 7) is 2.03. The molecule has 13 heavy (non-hydrogen) atoms. The van der Waals surface area contributed by atoms with Gasteiger partial charge in [0.25, 0.3) is 0 Å². The molecule has 0 saturated heterocycles. The molecule has 2 heterocycles. The minimum absolute atomic E-state index is 0.774. The smallest absolute Gasteiger partial charge is 0.137 e. The van der Waals surface area contributed by atoms with Crippen LogP contribution in [0.3, 0.4) is 0 Å². The van der Waals surface area contributed by atoms with Gasteiger partial charge in [-0.2, -0.15) is 0 Å². The van der Waals surface area contributed by atoms with E-state index in [1.807, 2.05) is 25.1 Å². The van der Waals surface area contributed by atoms with Crippen molar-refractivity contribution in [3.05, 3.63) is 28.3 Å². The second-order valence-corrected chi connectivity index (χ2v) is 4.35. The molecule has 0 aliphatic heterocycles. The van der Waals surface area contributed by atoms with Crippen LogP contribution in [0.25, 0.3) is 10.6 Å². The van der Waals surface area contributed by atoms with Gasteiger partial charge in [-0.15, -0.1) is 11.3 Å². The van der Waals surface area contributed by atoms with Crippen molar-refractivity contribution in [2.75, 3.05) is 0 Å². The van der Waals surface area contributed by atoms with Gasteiger partial charge >= 0.3 is 0 Å². The highest BCUT2D eigenvalue weighted by molar-refractivity contribution is 7.19. The van der Waals surface area contributed by atoms with E-state index in [1.165, 1.54) is 11.3 Å². The van der Waals surface area contributed by atoms with Gasteiger partial charge in [-0.3, -0.25) is 0 Å². The van der Waals surface area contributed by atoms with Crippen LogP contribution < -0.4 is 0 Å². The standard InChI is InChI=1S/C9H8ClNOS/c1-2-6-5-7(11-12-6)8-3-4-9(10)13-8/h3-5H,2H2,1H3. The molecule has 2 aromatic heterocycles. The van der Waals surface area contributed by atoms with E-state index in [2.05, 4.69) is 5.16 Å². The first-order chi connectivity index (χ1) is 6.29. The maximum absolute atomic E-state index is 5.81. The first-order valence-electron chi connectivity index (χ1n) is 4.01. The summed E-state index contributed by atoms with van der Waals surface area (Å²) in [5.41, 5.74) is 0.869. The Bertz CT molecular complexity index is 407. The fraction of sp³-hybridized carbons (Fsp3) is 0.222. The molecule has 0 bridgehead atoms. The molecular weight excluding hydrogens is 206 g/mol. The molecule has 0 N–H and O–H groups in total. The summed E-state index contributed by atoms with van der Waals surface area (Å²) in [6, 6.07) is 5.76. The quantitative estimate of drug-likeness (QED) is 0.762. The van der Waals surface area contributed by atoms with Crippen molar-refractivity contribution in [2.24, 2.45) is 0 Å². The fourth-order valence-corrected chi connectivity index (χ4v) is 2.04. The van der Waals surface area contributed by atoms with Crippen LogP contribution in [0.1, 0.15) is 12.7 Å². The van der Waals surface area contributed by atoms with Crippen molar-refractivity contribution in [1.29, 1.82) is 0 Å². The zero-order valence-corrected chi connectivity index (χ0v) is 8.65. The van der Waals surface area contributed by atoms with E-state index in [0.717, 1.165) is 27.1 Å². The van der Waals surface area contributed by atoms with Crippen molar-refractivity contribution in [2.45, 2.75) is 13.3 Å². The third kappa shape index (κ3) is 1.76. The highest BCUT2D eigenvalue weighted by atomic mass is 35.5. The minimum Gasteiger partial charge on any atom is -0.361 e. The summed E-state index contributed by atoms with van der Waals surface area (Å²) in [4.78, 5) is 1.05. The molecule has 68 valence electrons. The third-order valence-corrected chi connectivity index (χ3v) is 2.99. The average Bonchev–Trinajstić information content (AvgIpc) is 2.71. The van der Waals surface area contributed by atoms with E-state index < -0.39 is 0 Å². The number of aromatic nitrogens is 1. The zero-order valence-electron chi connectivity index (χ0n) is 7.08. The molecule has 2 aromatic rings. The SMILES string of the molecule is CCc1cc(-c2ccc(Cl)s2)no1. The molecule has 0 saturated carbocycles. The van der Waals surface area contributed by atoms with Crippen LogP contribution in [0.15, 0.2) is 22.7 Å². The topological polar surface area (TPSA) is 26.0 Å². The average molecular weight is 214 g/mol. The van der Waals surface area contributed by atoms with E-state index >= 15 is 0 Å². The van der Waals surface area contributed by atoms with Gasteiger partial charge in [-0.25, -0.2) is 0 Å². The molecule has 0 radical (unpaired) electrons. The van der Waals surface area contributed by atoms with E-state index in [-0.39, 0.29) is 0 Å². The second kappa shape index (κ2) is 3.52. The summed E-state index contributed by atoms with van der Waals surface area (Å²) in [7, 11) is 0. The molecule has 0 aliphatic carbocycles. The molecule has 0 aromatic carbocycles. The number of thiophene rings is 1. The molecule has 0 unspecified atom stereocenters. The molecule has 0 atom stereocenters. The highest BCUT2D eigenvalue weighted by Gasteiger charge is 2.06. The predicted molar refractivity (Wildman–Crippen MR) is 54.2 cm³/mol. The molecular formula is C9H8ClNOS. The summed E-state index contributed by atoms with van der Waals surface area (Å²) >= 11 is 7.32.